The molecule has 66 valence electrons. The second-order valence-electron chi connectivity index (χ2n) is 3.29. The van der Waals surface area contributed by atoms with E-state index in [-0.39, 0.29) is 0 Å². The van der Waals surface area contributed by atoms with Crippen molar-refractivity contribution >= 4 is 0 Å². The molecule has 3 N–H and O–H groups in total. The van der Waals surface area contributed by atoms with E-state index >= 15 is 0 Å². The van der Waals surface area contributed by atoms with Crippen LogP contribution in [0.25, 0.3) is 0 Å². The summed E-state index contributed by atoms with van der Waals surface area (Å²) < 4.78 is 0. The van der Waals surface area contributed by atoms with Crippen LogP contribution in [0.15, 0.2) is 0 Å². The van der Waals surface area contributed by atoms with E-state index in [9.17, 15) is 0 Å². The number of nitrogens with one attached hydrogen (secondary N) is 2. The van der Waals surface area contributed by atoms with Gasteiger partial charge in [0.1, 0.15) is 0 Å². The minimum Gasteiger partial charge on any atom is -0.396 e. The van der Waals surface area contributed by atoms with Crippen LogP contribution in [0.1, 0.15) is 19.8 Å². The average molecular weight is 158 g/mol. The topological polar surface area (TPSA) is 44.3 Å². The predicted molar refractivity (Wildman–Crippen MR) is 45.6 cm³/mol. The molecule has 0 aromatic rings. The molecule has 0 bridgehead atoms. The summed E-state index contributed by atoms with van der Waals surface area (Å²) in [6, 6.07) is 1.14. The van der Waals surface area contributed by atoms with Gasteiger partial charge in [0, 0.05) is 31.8 Å². The van der Waals surface area contributed by atoms with Crippen LogP contribution in [-0.2, 0) is 0 Å². The summed E-state index contributed by atoms with van der Waals surface area (Å²) in [6.45, 7) is 4.60. The van der Waals surface area contributed by atoms with Crippen LogP contribution in [-0.4, -0.2) is 36.9 Å². The normalized spacial score (nSPS) is 32.2. The summed E-state index contributed by atoms with van der Waals surface area (Å²) >= 11 is 0. The van der Waals surface area contributed by atoms with Gasteiger partial charge in [0.05, 0.1) is 0 Å². The van der Waals surface area contributed by atoms with Crippen molar-refractivity contribution in [2.75, 3.05) is 19.7 Å². The van der Waals surface area contributed by atoms with E-state index in [1.807, 2.05) is 0 Å². The monoisotopic (exact) mass is 158 g/mol. The fourth-order valence-corrected chi connectivity index (χ4v) is 1.52. The first-order valence-corrected chi connectivity index (χ1v) is 4.40. The van der Waals surface area contributed by atoms with Gasteiger partial charge in [-0.25, -0.2) is 0 Å². The summed E-state index contributed by atoms with van der Waals surface area (Å²) in [5, 5.41) is 15.4. The molecule has 0 radical (unpaired) electrons. The van der Waals surface area contributed by atoms with Crippen LogP contribution in [0.3, 0.4) is 0 Å². The van der Waals surface area contributed by atoms with Gasteiger partial charge in [-0.05, 0) is 19.8 Å². The zero-order valence-electron chi connectivity index (χ0n) is 7.14. The van der Waals surface area contributed by atoms with Crippen molar-refractivity contribution in [3.63, 3.8) is 0 Å². The molecular weight excluding hydrogens is 140 g/mol. The van der Waals surface area contributed by atoms with Crippen LogP contribution >= 0.6 is 0 Å². The molecule has 1 aliphatic rings. The summed E-state index contributed by atoms with van der Waals surface area (Å²) in [5.41, 5.74) is 0. The standard InChI is InChI=1S/C8H18N2O/c1-7-5-9-6-8(10-7)3-2-4-11/h7-11H,2-6H2,1H3. The van der Waals surface area contributed by atoms with Crippen LogP contribution in [0, 0.1) is 0 Å². The zero-order chi connectivity index (χ0) is 8.10. The van der Waals surface area contributed by atoms with E-state index in [4.69, 9.17) is 5.11 Å². The molecule has 0 spiro atoms. The third kappa shape index (κ3) is 3.18. The number of aliphatic hydroxyl groups excluding tert-OH is 1. The fraction of sp³-hybridized carbons (Fsp3) is 1.00. The Bertz CT molecular complexity index is 108. The van der Waals surface area contributed by atoms with Crippen LogP contribution in [0.5, 0.6) is 0 Å². The Morgan fingerprint density at radius 2 is 2.27 bits per heavy atom. The van der Waals surface area contributed by atoms with Crippen LogP contribution < -0.4 is 10.6 Å². The van der Waals surface area contributed by atoms with Gasteiger partial charge >= 0.3 is 0 Å². The first-order chi connectivity index (χ1) is 5.33. The van der Waals surface area contributed by atoms with E-state index < -0.39 is 0 Å². The van der Waals surface area contributed by atoms with Crippen molar-refractivity contribution in [3.05, 3.63) is 0 Å². The zero-order valence-corrected chi connectivity index (χ0v) is 7.14. The maximum Gasteiger partial charge on any atom is 0.0431 e. The summed E-state index contributed by atoms with van der Waals surface area (Å²) in [7, 11) is 0. The van der Waals surface area contributed by atoms with Crippen molar-refractivity contribution in [1.82, 2.24) is 10.6 Å². The van der Waals surface area contributed by atoms with E-state index in [2.05, 4.69) is 17.6 Å². The molecule has 1 fully saturated rings. The van der Waals surface area contributed by atoms with Gasteiger partial charge in [0.15, 0.2) is 0 Å². The molecule has 3 heteroatoms. The lowest BCUT2D eigenvalue weighted by Gasteiger charge is -2.29. The molecule has 1 heterocycles. The van der Waals surface area contributed by atoms with Gasteiger partial charge in [0.25, 0.3) is 0 Å². The highest BCUT2D eigenvalue weighted by atomic mass is 16.2. The molecule has 0 saturated carbocycles. The van der Waals surface area contributed by atoms with Crippen molar-refractivity contribution < 1.29 is 5.11 Å². The summed E-state index contributed by atoms with van der Waals surface area (Å²) in [5.74, 6) is 0. The fourth-order valence-electron chi connectivity index (χ4n) is 1.52. The van der Waals surface area contributed by atoms with Gasteiger partial charge in [-0.3, -0.25) is 0 Å². The van der Waals surface area contributed by atoms with Crippen molar-refractivity contribution in [2.45, 2.75) is 31.8 Å². The van der Waals surface area contributed by atoms with Gasteiger partial charge in [-0.1, -0.05) is 0 Å². The molecule has 0 aromatic heterocycles. The molecule has 3 nitrogen and oxygen atoms in total. The molecule has 11 heavy (non-hydrogen) atoms. The van der Waals surface area contributed by atoms with Gasteiger partial charge in [-0.15, -0.1) is 0 Å². The lowest BCUT2D eigenvalue weighted by atomic mass is 10.1. The van der Waals surface area contributed by atoms with Crippen LogP contribution in [0.4, 0.5) is 0 Å². The molecule has 0 amide bonds. The second kappa shape index (κ2) is 4.70. The Hall–Kier alpha value is -0.120. The number of aliphatic hydroxyl groups is 1. The highest BCUT2D eigenvalue weighted by Crippen LogP contribution is 2.00. The lowest BCUT2D eigenvalue weighted by Crippen LogP contribution is -2.53. The van der Waals surface area contributed by atoms with E-state index in [0.29, 0.717) is 18.7 Å². The molecule has 1 saturated heterocycles. The van der Waals surface area contributed by atoms with Crippen molar-refractivity contribution in [1.29, 1.82) is 0 Å². The molecule has 0 aliphatic carbocycles. The quantitative estimate of drug-likeness (QED) is 0.529. The predicted octanol–water partition coefficient (Wildman–Crippen LogP) is -0.291. The Balaban J connectivity index is 2.12. The Labute approximate surface area is 68.2 Å². The van der Waals surface area contributed by atoms with Crippen LogP contribution in [0.2, 0.25) is 0 Å². The second-order valence-corrected chi connectivity index (χ2v) is 3.29. The first kappa shape index (κ1) is 8.97. The summed E-state index contributed by atoms with van der Waals surface area (Å²) in [4.78, 5) is 0. The minimum atomic E-state index is 0.312. The minimum absolute atomic E-state index is 0.312. The maximum absolute atomic E-state index is 8.61. The lowest BCUT2D eigenvalue weighted by molar-refractivity contribution is 0.261. The number of hydrogen-bond donors (Lipinski definition) is 3. The first-order valence-electron chi connectivity index (χ1n) is 4.40. The molecular formula is C8H18N2O. The summed E-state index contributed by atoms with van der Waals surface area (Å²) in [6.07, 6.45) is 1.99. The average Bonchev–Trinajstić information content (AvgIpc) is 2.01. The van der Waals surface area contributed by atoms with E-state index in [1.54, 1.807) is 0 Å². The molecule has 2 atom stereocenters. The molecule has 1 rings (SSSR count). The Morgan fingerprint density at radius 3 is 2.91 bits per heavy atom. The molecule has 1 aliphatic heterocycles. The molecule has 0 aromatic carbocycles. The highest BCUT2D eigenvalue weighted by Gasteiger charge is 2.15. The van der Waals surface area contributed by atoms with Gasteiger partial charge < -0.3 is 15.7 Å². The largest absolute Gasteiger partial charge is 0.396 e. The molecule has 2 unspecified atom stereocenters. The van der Waals surface area contributed by atoms with Gasteiger partial charge in [0.2, 0.25) is 0 Å². The highest BCUT2D eigenvalue weighted by molar-refractivity contribution is 4.80. The third-order valence-corrected chi connectivity index (χ3v) is 2.07. The third-order valence-electron chi connectivity index (χ3n) is 2.07. The number of piperazine rings is 1. The SMILES string of the molecule is CC1CNCC(CCCO)N1. The van der Waals surface area contributed by atoms with Gasteiger partial charge in [-0.2, -0.15) is 0 Å². The van der Waals surface area contributed by atoms with Crippen molar-refractivity contribution in [3.8, 4) is 0 Å². The Morgan fingerprint density at radius 1 is 1.45 bits per heavy atom. The smallest absolute Gasteiger partial charge is 0.0431 e. The Kier molecular flexibility index (Phi) is 3.83. The van der Waals surface area contributed by atoms with Crippen molar-refractivity contribution in [2.24, 2.45) is 0 Å². The van der Waals surface area contributed by atoms with E-state index in [0.717, 1.165) is 25.9 Å². The number of hydrogen-bond acceptors (Lipinski definition) is 3. The maximum atomic E-state index is 8.61. The number of rotatable bonds is 3. The van der Waals surface area contributed by atoms with E-state index in [1.165, 1.54) is 0 Å².